The van der Waals surface area contributed by atoms with Crippen molar-refractivity contribution in [2.75, 3.05) is 6.54 Å². The number of carbonyl (C=O) groups excluding carboxylic acids is 2. The van der Waals surface area contributed by atoms with Crippen molar-refractivity contribution in [3.63, 3.8) is 0 Å². The smallest absolute Gasteiger partial charge is 0.329 e. The van der Waals surface area contributed by atoms with Gasteiger partial charge in [-0.2, -0.15) is 0 Å². The normalized spacial score (nSPS) is 15.1. The SMILES string of the molecule is O=C(CCNC(=O)c1ccc(Br)cc1)NC1(C(=O)O)CC1. The fourth-order valence-electron chi connectivity index (χ4n) is 1.84. The zero-order chi connectivity index (χ0) is 15.5. The van der Waals surface area contributed by atoms with E-state index in [1.807, 2.05) is 0 Å². The van der Waals surface area contributed by atoms with Crippen LogP contribution in [-0.4, -0.2) is 35.0 Å². The van der Waals surface area contributed by atoms with E-state index in [9.17, 15) is 14.4 Å². The van der Waals surface area contributed by atoms with E-state index >= 15 is 0 Å². The molecule has 7 heteroatoms. The first-order chi connectivity index (χ1) is 9.93. The summed E-state index contributed by atoms with van der Waals surface area (Å²) >= 11 is 3.28. The molecule has 0 radical (unpaired) electrons. The van der Waals surface area contributed by atoms with Crippen molar-refractivity contribution in [2.45, 2.75) is 24.8 Å². The molecular formula is C14H15BrN2O4. The van der Waals surface area contributed by atoms with Crippen LogP contribution in [0, 0.1) is 0 Å². The Kier molecular flexibility index (Phi) is 4.62. The third kappa shape index (κ3) is 4.04. The molecule has 2 amide bonds. The van der Waals surface area contributed by atoms with E-state index in [1.54, 1.807) is 24.3 Å². The van der Waals surface area contributed by atoms with Gasteiger partial charge in [0.05, 0.1) is 0 Å². The lowest BCUT2D eigenvalue weighted by Crippen LogP contribution is -2.44. The maximum absolute atomic E-state index is 11.8. The first-order valence-corrected chi connectivity index (χ1v) is 7.30. The van der Waals surface area contributed by atoms with Crippen LogP contribution in [0.15, 0.2) is 28.7 Å². The molecule has 0 atom stereocenters. The number of aliphatic carboxylic acids is 1. The van der Waals surface area contributed by atoms with Gasteiger partial charge in [0.1, 0.15) is 5.54 Å². The molecule has 21 heavy (non-hydrogen) atoms. The molecule has 0 aromatic heterocycles. The molecule has 0 aliphatic heterocycles. The predicted octanol–water partition coefficient (Wildman–Crippen LogP) is 1.30. The predicted molar refractivity (Wildman–Crippen MR) is 78.8 cm³/mol. The minimum atomic E-state index is -1.08. The number of hydrogen-bond acceptors (Lipinski definition) is 3. The Labute approximate surface area is 130 Å². The highest BCUT2D eigenvalue weighted by atomic mass is 79.9. The minimum absolute atomic E-state index is 0.0529. The van der Waals surface area contributed by atoms with Crippen LogP contribution in [-0.2, 0) is 9.59 Å². The number of hydrogen-bond donors (Lipinski definition) is 3. The number of nitrogens with one attached hydrogen (secondary N) is 2. The second-order valence-electron chi connectivity index (χ2n) is 4.95. The number of carboxylic acid groups (broad SMARTS) is 1. The summed E-state index contributed by atoms with van der Waals surface area (Å²) < 4.78 is 0.877. The molecule has 6 nitrogen and oxygen atoms in total. The van der Waals surface area contributed by atoms with Crippen LogP contribution in [0.2, 0.25) is 0 Å². The van der Waals surface area contributed by atoms with Gasteiger partial charge >= 0.3 is 5.97 Å². The summed E-state index contributed by atoms with van der Waals surface area (Å²) in [6, 6.07) is 6.85. The van der Waals surface area contributed by atoms with E-state index in [0.29, 0.717) is 18.4 Å². The van der Waals surface area contributed by atoms with E-state index in [-0.39, 0.29) is 24.8 Å². The maximum atomic E-state index is 11.8. The Morgan fingerprint density at radius 3 is 2.33 bits per heavy atom. The molecule has 2 rings (SSSR count). The molecule has 0 spiro atoms. The molecule has 1 aliphatic rings. The van der Waals surface area contributed by atoms with Crippen LogP contribution in [0.3, 0.4) is 0 Å². The van der Waals surface area contributed by atoms with Crippen molar-refractivity contribution in [3.8, 4) is 0 Å². The molecule has 1 aromatic carbocycles. The van der Waals surface area contributed by atoms with Crippen LogP contribution in [0.4, 0.5) is 0 Å². The Hall–Kier alpha value is -1.89. The average molecular weight is 355 g/mol. The van der Waals surface area contributed by atoms with Gasteiger partial charge in [0, 0.05) is 23.0 Å². The largest absolute Gasteiger partial charge is 0.480 e. The molecule has 112 valence electrons. The number of amides is 2. The Balaban J connectivity index is 1.74. The maximum Gasteiger partial charge on any atom is 0.329 e. The van der Waals surface area contributed by atoms with Crippen molar-refractivity contribution in [1.82, 2.24) is 10.6 Å². The molecule has 3 N–H and O–H groups in total. The summed E-state index contributed by atoms with van der Waals surface area (Å²) in [6.07, 6.45) is 0.968. The monoisotopic (exact) mass is 354 g/mol. The lowest BCUT2D eigenvalue weighted by molar-refractivity contribution is -0.143. The van der Waals surface area contributed by atoms with Gasteiger partial charge in [-0.1, -0.05) is 15.9 Å². The van der Waals surface area contributed by atoms with Crippen molar-refractivity contribution in [1.29, 1.82) is 0 Å². The Morgan fingerprint density at radius 2 is 1.81 bits per heavy atom. The lowest BCUT2D eigenvalue weighted by Gasteiger charge is -2.12. The van der Waals surface area contributed by atoms with E-state index < -0.39 is 11.5 Å². The number of carboxylic acids is 1. The fraction of sp³-hybridized carbons (Fsp3) is 0.357. The molecule has 0 saturated heterocycles. The summed E-state index contributed by atoms with van der Waals surface area (Å²) in [7, 11) is 0. The van der Waals surface area contributed by atoms with Gasteiger partial charge in [-0.3, -0.25) is 9.59 Å². The van der Waals surface area contributed by atoms with E-state index in [1.165, 1.54) is 0 Å². The van der Waals surface area contributed by atoms with Crippen LogP contribution >= 0.6 is 15.9 Å². The van der Waals surface area contributed by atoms with E-state index in [4.69, 9.17) is 5.11 Å². The van der Waals surface area contributed by atoms with Gasteiger partial charge in [-0.25, -0.2) is 4.79 Å². The molecule has 1 fully saturated rings. The highest BCUT2D eigenvalue weighted by molar-refractivity contribution is 9.10. The van der Waals surface area contributed by atoms with E-state index in [2.05, 4.69) is 26.6 Å². The molecular weight excluding hydrogens is 340 g/mol. The summed E-state index contributed by atoms with van der Waals surface area (Å²) in [6.45, 7) is 0.163. The molecule has 0 heterocycles. The van der Waals surface area contributed by atoms with Crippen LogP contribution in [0.25, 0.3) is 0 Å². The Bertz CT molecular complexity index is 567. The molecule has 0 unspecified atom stereocenters. The average Bonchev–Trinajstić information content (AvgIpc) is 3.20. The minimum Gasteiger partial charge on any atom is -0.480 e. The van der Waals surface area contributed by atoms with Gasteiger partial charge in [0.2, 0.25) is 5.91 Å². The van der Waals surface area contributed by atoms with Gasteiger partial charge in [0.25, 0.3) is 5.91 Å². The summed E-state index contributed by atoms with van der Waals surface area (Å²) in [4.78, 5) is 34.4. The van der Waals surface area contributed by atoms with Gasteiger partial charge in [-0.05, 0) is 37.1 Å². The topological polar surface area (TPSA) is 95.5 Å². The van der Waals surface area contributed by atoms with Crippen LogP contribution < -0.4 is 10.6 Å². The first kappa shape index (κ1) is 15.5. The lowest BCUT2D eigenvalue weighted by atomic mass is 10.2. The van der Waals surface area contributed by atoms with Gasteiger partial charge in [0.15, 0.2) is 0 Å². The highest BCUT2D eigenvalue weighted by Crippen LogP contribution is 2.35. The second-order valence-corrected chi connectivity index (χ2v) is 5.86. The number of halogens is 1. The van der Waals surface area contributed by atoms with Crippen molar-refractivity contribution >= 4 is 33.7 Å². The van der Waals surface area contributed by atoms with Crippen molar-refractivity contribution in [3.05, 3.63) is 34.3 Å². The zero-order valence-electron chi connectivity index (χ0n) is 11.2. The standard InChI is InChI=1S/C14H15BrN2O4/c15-10-3-1-9(2-4-10)12(19)16-8-5-11(18)17-14(6-7-14)13(20)21/h1-4H,5-8H2,(H,16,19)(H,17,18)(H,20,21). The van der Waals surface area contributed by atoms with Crippen molar-refractivity contribution in [2.24, 2.45) is 0 Å². The Morgan fingerprint density at radius 1 is 1.19 bits per heavy atom. The number of carbonyl (C=O) groups is 3. The third-order valence-electron chi connectivity index (χ3n) is 3.28. The summed E-state index contributed by atoms with van der Waals surface area (Å²) in [5.74, 6) is -1.64. The molecule has 1 saturated carbocycles. The highest BCUT2D eigenvalue weighted by Gasteiger charge is 2.51. The molecule has 1 aromatic rings. The first-order valence-electron chi connectivity index (χ1n) is 6.51. The summed E-state index contributed by atoms with van der Waals surface area (Å²) in [5.41, 5.74) is -0.574. The third-order valence-corrected chi connectivity index (χ3v) is 3.81. The van der Waals surface area contributed by atoms with Crippen LogP contribution in [0.1, 0.15) is 29.6 Å². The zero-order valence-corrected chi connectivity index (χ0v) is 12.8. The van der Waals surface area contributed by atoms with Gasteiger partial charge in [-0.15, -0.1) is 0 Å². The number of benzene rings is 1. The van der Waals surface area contributed by atoms with Crippen molar-refractivity contribution < 1.29 is 19.5 Å². The van der Waals surface area contributed by atoms with Gasteiger partial charge < -0.3 is 15.7 Å². The molecule has 1 aliphatic carbocycles. The fourth-order valence-corrected chi connectivity index (χ4v) is 2.10. The quantitative estimate of drug-likeness (QED) is 0.717. The molecule has 0 bridgehead atoms. The number of rotatable bonds is 6. The second kappa shape index (κ2) is 6.26. The van der Waals surface area contributed by atoms with Crippen LogP contribution in [0.5, 0.6) is 0 Å². The van der Waals surface area contributed by atoms with E-state index in [0.717, 1.165) is 4.47 Å². The summed E-state index contributed by atoms with van der Waals surface area (Å²) in [5, 5.41) is 14.1.